The summed E-state index contributed by atoms with van der Waals surface area (Å²) in [6, 6.07) is 14.9. The molecule has 1 N–H and O–H groups in total. The van der Waals surface area contributed by atoms with Crippen LogP contribution in [0, 0.1) is 0 Å². The summed E-state index contributed by atoms with van der Waals surface area (Å²) in [6.45, 7) is 2.53. The predicted octanol–water partition coefficient (Wildman–Crippen LogP) is 3.42. The van der Waals surface area contributed by atoms with E-state index in [4.69, 9.17) is 0 Å². The number of carbonyl (C=O) groups is 2. The van der Waals surface area contributed by atoms with Crippen LogP contribution in [0.2, 0.25) is 0 Å². The minimum absolute atomic E-state index is 0.0913. The fourth-order valence-corrected chi connectivity index (χ4v) is 3.08. The Morgan fingerprint density at radius 3 is 2.48 bits per heavy atom. The van der Waals surface area contributed by atoms with Gasteiger partial charge >= 0.3 is 5.97 Å². The summed E-state index contributed by atoms with van der Waals surface area (Å²) in [6.07, 6.45) is 0.836. The second kappa shape index (κ2) is 6.24. The normalized spacial score (nSPS) is 14.7. The molecule has 4 nitrogen and oxygen atoms in total. The van der Waals surface area contributed by atoms with Gasteiger partial charge in [0.25, 0.3) is 5.91 Å². The highest BCUT2D eigenvalue weighted by Gasteiger charge is 2.34. The number of amides is 1. The fraction of sp³-hybridized carbons (Fsp3) is 0.263. The van der Waals surface area contributed by atoms with E-state index >= 15 is 0 Å². The van der Waals surface area contributed by atoms with Crippen molar-refractivity contribution in [1.29, 1.82) is 0 Å². The molecule has 0 fully saturated rings. The molecule has 23 heavy (non-hydrogen) atoms. The minimum Gasteiger partial charge on any atom is -0.481 e. The first kappa shape index (κ1) is 15.3. The average molecular weight is 309 g/mol. The number of nitrogens with zero attached hydrogens (tertiary/aromatic N) is 1. The van der Waals surface area contributed by atoms with Gasteiger partial charge in [-0.2, -0.15) is 0 Å². The summed E-state index contributed by atoms with van der Waals surface area (Å²) >= 11 is 0. The van der Waals surface area contributed by atoms with Crippen LogP contribution < -0.4 is 0 Å². The van der Waals surface area contributed by atoms with Gasteiger partial charge in [0.2, 0.25) is 0 Å². The number of carbonyl (C=O) groups excluding carboxylic acids is 1. The van der Waals surface area contributed by atoms with Gasteiger partial charge in [-0.3, -0.25) is 9.59 Å². The van der Waals surface area contributed by atoms with E-state index in [2.05, 4.69) is 6.92 Å². The van der Waals surface area contributed by atoms with Crippen LogP contribution in [0.4, 0.5) is 0 Å². The highest BCUT2D eigenvalue weighted by Crippen LogP contribution is 2.33. The first-order valence-corrected chi connectivity index (χ1v) is 7.79. The third-order valence-corrected chi connectivity index (χ3v) is 4.37. The van der Waals surface area contributed by atoms with Gasteiger partial charge in [0.1, 0.15) is 0 Å². The van der Waals surface area contributed by atoms with E-state index in [9.17, 15) is 14.7 Å². The molecule has 0 unspecified atom stereocenters. The third kappa shape index (κ3) is 2.97. The molecule has 0 aliphatic carbocycles. The fourth-order valence-electron chi connectivity index (χ4n) is 3.08. The van der Waals surface area contributed by atoms with Crippen LogP contribution >= 0.6 is 0 Å². The number of carboxylic acids is 1. The second-order valence-electron chi connectivity index (χ2n) is 5.80. The summed E-state index contributed by atoms with van der Waals surface area (Å²) in [5.74, 6) is -0.996. The molecule has 1 aliphatic rings. The topological polar surface area (TPSA) is 57.6 Å². The molecule has 1 amide bonds. The Morgan fingerprint density at radius 2 is 1.87 bits per heavy atom. The monoisotopic (exact) mass is 309 g/mol. The number of hydrogen-bond donors (Lipinski definition) is 1. The molecule has 1 heterocycles. The van der Waals surface area contributed by atoms with Crippen molar-refractivity contribution in [2.24, 2.45) is 0 Å². The maximum absolute atomic E-state index is 12.6. The van der Waals surface area contributed by atoms with Crippen LogP contribution in [0.25, 0.3) is 0 Å². The molecule has 3 rings (SSSR count). The molecular formula is C19H19NO3. The van der Waals surface area contributed by atoms with Gasteiger partial charge in [-0.1, -0.05) is 49.4 Å². The third-order valence-electron chi connectivity index (χ3n) is 4.37. The van der Waals surface area contributed by atoms with Crippen LogP contribution in [0.1, 0.15) is 46.4 Å². The van der Waals surface area contributed by atoms with Gasteiger partial charge in [-0.05, 0) is 29.2 Å². The molecule has 2 aromatic carbocycles. The SMILES string of the molecule is CCc1ccc([C@@H](CC(=O)O)N2Cc3ccccc3C2=O)cc1. The molecule has 0 bridgehead atoms. The van der Waals surface area contributed by atoms with Crippen molar-refractivity contribution in [2.45, 2.75) is 32.4 Å². The summed E-state index contributed by atoms with van der Waals surface area (Å²) in [7, 11) is 0. The summed E-state index contributed by atoms with van der Waals surface area (Å²) in [4.78, 5) is 25.6. The van der Waals surface area contributed by atoms with Gasteiger partial charge in [0, 0.05) is 12.1 Å². The first-order chi connectivity index (χ1) is 11.1. The van der Waals surface area contributed by atoms with E-state index in [1.807, 2.05) is 42.5 Å². The highest BCUT2D eigenvalue weighted by molar-refractivity contribution is 5.98. The molecule has 0 radical (unpaired) electrons. The number of rotatable bonds is 5. The molecule has 118 valence electrons. The van der Waals surface area contributed by atoms with E-state index in [0.717, 1.165) is 17.5 Å². The van der Waals surface area contributed by atoms with E-state index in [0.29, 0.717) is 12.1 Å². The van der Waals surface area contributed by atoms with Crippen molar-refractivity contribution in [3.05, 3.63) is 70.8 Å². The standard InChI is InChI=1S/C19H19NO3/c1-2-13-7-9-14(10-8-13)17(11-18(21)22)20-12-15-5-3-4-6-16(15)19(20)23/h3-10,17H,2,11-12H2,1H3,(H,21,22)/t17-/m1/s1. The van der Waals surface area contributed by atoms with Crippen molar-refractivity contribution in [3.8, 4) is 0 Å². The Kier molecular flexibility index (Phi) is 4.15. The van der Waals surface area contributed by atoms with Gasteiger partial charge < -0.3 is 10.0 Å². The minimum atomic E-state index is -0.904. The molecule has 2 aromatic rings. The van der Waals surface area contributed by atoms with Crippen molar-refractivity contribution < 1.29 is 14.7 Å². The lowest BCUT2D eigenvalue weighted by Crippen LogP contribution is -2.30. The molecular weight excluding hydrogens is 290 g/mol. The molecule has 4 heteroatoms. The lowest BCUT2D eigenvalue weighted by atomic mass is 10.00. The van der Waals surface area contributed by atoms with Gasteiger partial charge in [-0.15, -0.1) is 0 Å². The van der Waals surface area contributed by atoms with Crippen molar-refractivity contribution in [2.75, 3.05) is 0 Å². The number of aryl methyl sites for hydroxylation is 1. The quantitative estimate of drug-likeness (QED) is 0.920. The number of fused-ring (bicyclic) bond motifs is 1. The zero-order chi connectivity index (χ0) is 16.4. The van der Waals surface area contributed by atoms with Crippen LogP contribution in [0.3, 0.4) is 0 Å². The lowest BCUT2D eigenvalue weighted by Gasteiger charge is -2.27. The zero-order valence-electron chi connectivity index (χ0n) is 13.0. The Hall–Kier alpha value is -2.62. The van der Waals surface area contributed by atoms with Gasteiger partial charge in [-0.25, -0.2) is 0 Å². The van der Waals surface area contributed by atoms with E-state index in [1.54, 1.807) is 11.0 Å². The van der Waals surface area contributed by atoms with Crippen LogP contribution in [0.15, 0.2) is 48.5 Å². The Morgan fingerprint density at radius 1 is 1.17 bits per heavy atom. The van der Waals surface area contributed by atoms with Crippen molar-refractivity contribution >= 4 is 11.9 Å². The number of hydrogen-bond acceptors (Lipinski definition) is 2. The summed E-state index contributed by atoms with van der Waals surface area (Å²) < 4.78 is 0. The maximum atomic E-state index is 12.6. The van der Waals surface area contributed by atoms with Gasteiger partial charge in [0.15, 0.2) is 0 Å². The molecule has 0 spiro atoms. The Balaban J connectivity index is 1.94. The lowest BCUT2D eigenvalue weighted by molar-refractivity contribution is -0.138. The first-order valence-electron chi connectivity index (χ1n) is 7.79. The Labute approximate surface area is 135 Å². The average Bonchev–Trinajstić information content (AvgIpc) is 2.90. The molecule has 1 atom stereocenters. The largest absolute Gasteiger partial charge is 0.481 e. The van der Waals surface area contributed by atoms with Crippen LogP contribution in [-0.4, -0.2) is 21.9 Å². The zero-order valence-corrected chi connectivity index (χ0v) is 13.0. The number of aliphatic carboxylic acids is 1. The van der Waals surface area contributed by atoms with Crippen LogP contribution in [-0.2, 0) is 17.8 Å². The van der Waals surface area contributed by atoms with E-state index in [-0.39, 0.29) is 12.3 Å². The summed E-state index contributed by atoms with van der Waals surface area (Å²) in [5, 5.41) is 9.27. The number of benzene rings is 2. The molecule has 0 aromatic heterocycles. The summed E-state index contributed by atoms with van der Waals surface area (Å²) in [5.41, 5.74) is 3.69. The van der Waals surface area contributed by atoms with E-state index in [1.165, 1.54) is 5.56 Å². The Bertz CT molecular complexity index is 737. The molecule has 0 saturated heterocycles. The highest BCUT2D eigenvalue weighted by atomic mass is 16.4. The predicted molar refractivity (Wildman–Crippen MR) is 87.1 cm³/mol. The second-order valence-corrected chi connectivity index (χ2v) is 5.80. The number of carboxylic acid groups (broad SMARTS) is 1. The van der Waals surface area contributed by atoms with Crippen molar-refractivity contribution in [1.82, 2.24) is 4.90 Å². The smallest absolute Gasteiger partial charge is 0.305 e. The molecule has 1 aliphatic heterocycles. The van der Waals surface area contributed by atoms with Crippen molar-refractivity contribution in [3.63, 3.8) is 0 Å². The molecule has 0 saturated carbocycles. The maximum Gasteiger partial charge on any atom is 0.305 e. The van der Waals surface area contributed by atoms with E-state index < -0.39 is 12.0 Å². The van der Waals surface area contributed by atoms with Gasteiger partial charge in [0.05, 0.1) is 12.5 Å². The van der Waals surface area contributed by atoms with Crippen LogP contribution in [0.5, 0.6) is 0 Å².